The van der Waals surface area contributed by atoms with Gasteiger partial charge in [-0.15, -0.1) is 0 Å². The van der Waals surface area contributed by atoms with E-state index in [2.05, 4.69) is 6.58 Å². The molecule has 1 atom stereocenters. The van der Waals surface area contributed by atoms with Crippen LogP contribution in [-0.2, 0) is 0 Å². The van der Waals surface area contributed by atoms with E-state index in [-0.39, 0.29) is 11.5 Å². The molecule has 0 radical (unpaired) electrons. The van der Waals surface area contributed by atoms with E-state index in [0.717, 1.165) is 6.20 Å². The summed E-state index contributed by atoms with van der Waals surface area (Å²) in [5.74, 6) is -0.0689. The van der Waals surface area contributed by atoms with Gasteiger partial charge in [0.15, 0.2) is 5.78 Å². The molecule has 0 spiro atoms. The average molecular weight is 292 g/mol. The highest BCUT2D eigenvalue weighted by atomic mass is 19.3. The van der Waals surface area contributed by atoms with Gasteiger partial charge in [0.2, 0.25) is 0 Å². The first-order valence-electron chi connectivity index (χ1n) is 6.60. The molecule has 0 saturated heterocycles. The third-order valence-corrected chi connectivity index (χ3v) is 3.94. The Labute approximate surface area is 122 Å². The highest BCUT2D eigenvalue weighted by Crippen LogP contribution is 2.50. The lowest BCUT2D eigenvalue weighted by atomic mass is 9.83. The molecule has 1 aliphatic rings. The van der Waals surface area contributed by atoms with Crippen LogP contribution < -0.4 is 5.73 Å². The highest BCUT2D eigenvalue weighted by molar-refractivity contribution is 6.05. The number of nitrogens with two attached hydrogens (primary N) is 1. The van der Waals surface area contributed by atoms with Gasteiger partial charge < -0.3 is 10.6 Å². The second-order valence-electron chi connectivity index (χ2n) is 5.52. The van der Waals surface area contributed by atoms with Crippen LogP contribution in [0.15, 0.2) is 48.9 Å². The summed E-state index contributed by atoms with van der Waals surface area (Å²) in [7, 11) is 0. The average Bonchev–Trinajstić information content (AvgIpc) is 2.64. The molecule has 0 amide bonds. The van der Waals surface area contributed by atoms with E-state index in [0.29, 0.717) is 11.1 Å². The quantitative estimate of drug-likeness (QED) is 0.924. The fraction of sp³-hybridized carbons (Fsp3) is 0.312. The predicted molar refractivity (Wildman–Crippen MR) is 77.6 cm³/mol. The normalized spacial score (nSPS) is 20.5. The number of allylic oxidation sites excluding steroid dienone is 1. The molecule has 0 aromatic heterocycles. The van der Waals surface area contributed by atoms with E-state index >= 15 is 0 Å². The summed E-state index contributed by atoms with van der Waals surface area (Å²) >= 11 is 0. The van der Waals surface area contributed by atoms with E-state index in [1.165, 1.54) is 11.1 Å². The van der Waals surface area contributed by atoms with Gasteiger partial charge in [0.1, 0.15) is 5.70 Å². The first-order valence-corrected chi connectivity index (χ1v) is 6.60. The molecule has 3 nitrogen and oxygen atoms in total. The molecule has 1 unspecified atom stereocenters. The first kappa shape index (κ1) is 15.2. The van der Waals surface area contributed by atoms with Crippen LogP contribution in [0.2, 0.25) is 0 Å². The van der Waals surface area contributed by atoms with Crippen LogP contribution in [0.1, 0.15) is 35.8 Å². The third kappa shape index (κ3) is 2.22. The Hall–Kier alpha value is -2.17. The van der Waals surface area contributed by atoms with Crippen molar-refractivity contribution in [3.05, 3.63) is 60.1 Å². The second-order valence-corrected chi connectivity index (χ2v) is 5.52. The molecule has 112 valence electrons. The Morgan fingerprint density at radius 3 is 2.57 bits per heavy atom. The van der Waals surface area contributed by atoms with Crippen molar-refractivity contribution in [1.29, 1.82) is 0 Å². The molecule has 1 aromatic carbocycles. The SMILES string of the molecule is C=CN(/C(=C\N)C(F)F)C1c2ccccc2C(=O)C1(C)C. The van der Waals surface area contributed by atoms with Crippen LogP contribution >= 0.6 is 0 Å². The van der Waals surface area contributed by atoms with Crippen molar-refractivity contribution >= 4 is 5.78 Å². The predicted octanol–water partition coefficient (Wildman–Crippen LogP) is 3.46. The van der Waals surface area contributed by atoms with Gasteiger partial charge in [0, 0.05) is 11.8 Å². The summed E-state index contributed by atoms with van der Waals surface area (Å²) < 4.78 is 26.4. The number of carbonyl (C=O) groups excluding carboxylic acids is 1. The molecule has 1 aliphatic carbocycles. The van der Waals surface area contributed by atoms with Gasteiger partial charge in [-0.2, -0.15) is 0 Å². The molecular formula is C16H18F2N2O. The lowest BCUT2D eigenvalue weighted by Crippen LogP contribution is -2.36. The number of fused-ring (bicyclic) bond motifs is 1. The number of carbonyl (C=O) groups is 1. The number of alkyl halides is 2. The minimum Gasteiger partial charge on any atom is -0.403 e. The highest BCUT2D eigenvalue weighted by Gasteiger charge is 2.49. The summed E-state index contributed by atoms with van der Waals surface area (Å²) in [4.78, 5) is 13.8. The summed E-state index contributed by atoms with van der Waals surface area (Å²) in [5.41, 5.74) is 5.42. The Bertz CT molecular complexity index is 608. The number of rotatable bonds is 4. The molecule has 2 N–H and O–H groups in total. The summed E-state index contributed by atoms with van der Waals surface area (Å²) in [6.45, 7) is 7.10. The zero-order valence-corrected chi connectivity index (χ0v) is 12.0. The van der Waals surface area contributed by atoms with Crippen LogP contribution in [0, 0.1) is 5.41 Å². The Balaban J connectivity index is 2.60. The number of nitrogens with zero attached hydrogens (tertiary/aromatic N) is 1. The Morgan fingerprint density at radius 2 is 2.05 bits per heavy atom. The number of ketones is 1. The minimum absolute atomic E-state index is 0.0689. The maximum absolute atomic E-state index is 13.2. The molecule has 1 aromatic rings. The lowest BCUT2D eigenvalue weighted by Gasteiger charge is -2.37. The summed E-state index contributed by atoms with van der Waals surface area (Å²) in [6, 6.07) is 6.50. The zero-order chi connectivity index (χ0) is 15.8. The maximum atomic E-state index is 13.2. The molecule has 0 saturated carbocycles. The number of halogens is 2. The third-order valence-electron chi connectivity index (χ3n) is 3.94. The van der Waals surface area contributed by atoms with E-state index in [4.69, 9.17) is 5.73 Å². The van der Waals surface area contributed by atoms with Crippen LogP contribution in [0.3, 0.4) is 0 Å². The molecule has 5 heteroatoms. The van der Waals surface area contributed by atoms with Gasteiger partial charge in [-0.3, -0.25) is 4.79 Å². The smallest absolute Gasteiger partial charge is 0.279 e. The van der Waals surface area contributed by atoms with Gasteiger partial charge >= 0.3 is 0 Å². The van der Waals surface area contributed by atoms with Crippen LogP contribution in [0.25, 0.3) is 0 Å². The van der Waals surface area contributed by atoms with Crippen molar-refractivity contribution in [3.63, 3.8) is 0 Å². The number of Topliss-reactive ketones (excluding diaryl/α,β-unsaturated/α-hetero) is 1. The molecule has 0 aliphatic heterocycles. The van der Waals surface area contributed by atoms with E-state index in [1.54, 1.807) is 38.1 Å². The van der Waals surface area contributed by atoms with Gasteiger partial charge in [0.05, 0.1) is 11.5 Å². The maximum Gasteiger partial charge on any atom is 0.279 e. The first-order chi connectivity index (χ1) is 9.86. The van der Waals surface area contributed by atoms with Crippen LogP contribution in [0.4, 0.5) is 8.78 Å². The Kier molecular flexibility index (Phi) is 3.85. The largest absolute Gasteiger partial charge is 0.403 e. The fourth-order valence-electron chi connectivity index (χ4n) is 2.93. The topological polar surface area (TPSA) is 46.3 Å². The number of benzene rings is 1. The van der Waals surface area contributed by atoms with E-state index in [9.17, 15) is 13.6 Å². The van der Waals surface area contributed by atoms with Crippen molar-refractivity contribution in [3.8, 4) is 0 Å². The monoisotopic (exact) mass is 292 g/mol. The molecule has 0 heterocycles. The van der Waals surface area contributed by atoms with Gasteiger partial charge in [-0.05, 0) is 11.8 Å². The van der Waals surface area contributed by atoms with Crippen molar-refractivity contribution in [2.24, 2.45) is 11.1 Å². The fourth-order valence-corrected chi connectivity index (χ4v) is 2.93. The lowest BCUT2D eigenvalue weighted by molar-refractivity contribution is 0.0695. The second kappa shape index (κ2) is 5.31. The number of hydrogen-bond acceptors (Lipinski definition) is 3. The molecule has 2 rings (SSSR count). The standard InChI is InChI=1S/C16H18F2N2O/c1-4-20(12(9-19)15(17)18)13-10-7-5-6-8-11(10)14(21)16(13,2)3/h4-9,13,15H,1,19H2,2-3H3/b12-9-. The van der Waals surface area contributed by atoms with Crippen molar-refractivity contribution in [1.82, 2.24) is 4.90 Å². The summed E-state index contributed by atoms with van der Waals surface area (Å²) in [5, 5.41) is 0. The summed E-state index contributed by atoms with van der Waals surface area (Å²) in [6.07, 6.45) is -0.577. The van der Waals surface area contributed by atoms with Crippen molar-refractivity contribution in [2.45, 2.75) is 26.3 Å². The van der Waals surface area contributed by atoms with E-state index in [1.807, 2.05) is 0 Å². The molecular weight excluding hydrogens is 274 g/mol. The molecule has 0 fully saturated rings. The zero-order valence-electron chi connectivity index (χ0n) is 12.0. The van der Waals surface area contributed by atoms with Crippen LogP contribution in [0.5, 0.6) is 0 Å². The van der Waals surface area contributed by atoms with E-state index < -0.39 is 17.9 Å². The van der Waals surface area contributed by atoms with Gasteiger partial charge in [-0.1, -0.05) is 44.7 Å². The number of hydrogen-bond donors (Lipinski definition) is 1. The Morgan fingerprint density at radius 1 is 1.43 bits per heavy atom. The van der Waals surface area contributed by atoms with Crippen LogP contribution in [-0.4, -0.2) is 17.1 Å². The van der Waals surface area contributed by atoms with Crippen molar-refractivity contribution < 1.29 is 13.6 Å². The molecule has 21 heavy (non-hydrogen) atoms. The van der Waals surface area contributed by atoms with Gasteiger partial charge in [-0.25, -0.2) is 8.78 Å². The van der Waals surface area contributed by atoms with Gasteiger partial charge in [0.25, 0.3) is 6.43 Å². The minimum atomic E-state index is -2.74. The van der Waals surface area contributed by atoms with Crippen molar-refractivity contribution in [2.75, 3.05) is 0 Å². The molecule has 0 bridgehead atoms.